The van der Waals surface area contributed by atoms with Crippen molar-refractivity contribution in [2.75, 3.05) is 20.1 Å². The van der Waals surface area contributed by atoms with Crippen LogP contribution in [0.4, 0.5) is 4.39 Å². The molecule has 0 radical (unpaired) electrons. The number of halogens is 1. The molecule has 0 aromatic heterocycles. The Bertz CT molecular complexity index is 591. The number of nitrogens with zero attached hydrogens (tertiary/aromatic N) is 2. The number of benzene rings is 1. The Morgan fingerprint density at radius 3 is 2.50 bits per heavy atom. The second-order valence-electron chi connectivity index (χ2n) is 6.38. The predicted molar refractivity (Wildman–Crippen MR) is 95.0 cm³/mol. The van der Waals surface area contributed by atoms with Crippen LogP contribution in [0.5, 0.6) is 0 Å². The van der Waals surface area contributed by atoms with Gasteiger partial charge in [0.2, 0.25) is 11.8 Å². The summed E-state index contributed by atoms with van der Waals surface area (Å²) in [5.74, 6) is -0.175. The van der Waals surface area contributed by atoms with Gasteiger partial charge in [-0.15, -0.1) is 11.8 Å². The summed E-state index contributed by atoms with van der Waals surface area (Å²) < 4.78 is 13.2. The lowest BCUT2D eigenvalue weighted by atomic mass is 10.2. The van der Waals surface area contributed by atoms with Crippen LogP contribution in [-0.2, 0) is 9.59 Å². The van der Waals surface area contributed by atoms with E-state index >= 15 is 0 Å². The summed E-state index contributed by atoms with van der Waals surface area (Å²) in [5.41, 5.74) is 0.920. The fourth-order valence-electron chi connectivity index (χ4n) is 2.78. The second-order valence-corrected chi connectivity index (χ2v) is 7.67. The molecule has 6 heteroatoms. The van der Waals surface area contributed by atoms with Crippen molar-refractivity contribution in [1.29, 1.82) is 0 Å². The van der Waals surface area contributed by atoms with Gasteiger partial charge in [-0.05, 0) is 24.1 Å². The van der Waals surface area contributed by atoms with Gasteiger partial charge in [-0.1, -0.05) is 32.9 Å². The van der Waals surface area contributed by atoms with Gasteiger partial charge in [-0.3, -0.25) is 9.59 Å². The molecule has 1 fully saturated rings. The van der Waals surface area contributed by atoms with Crippen LogP contribution >= 0.6 is 11.8 Å². The van der Waals surface area contributed by atoms with Crippen molar-refractivity contribution in [3.05, 3.63) is 35.6 Å². The molecule has 1 saturated heterocycles. The van der Waals surface area contributed by atoms with E-state index in [0.717, 1.165) is 12.0 Å². The van der Waals surface area contributed by atoms with Crippen molar-refractivity contribution in [2.24, 2.45) is 5.92 Å². The van der Waals surface area contributed by atoms with Crippen LogP contribution in [0.15, 0.2) is 24.3 Å². The molecule has 4 nitrogen and oxygen atoms in total. The standard InChI is InChI=1S/C18H25FN2O2S/c1-5-15-17(23)21(11-10-20(4)16(22)12(2)3)18(24-15)13-6-8-14(19)9-7-13/h6-9,12,15,18H,5,10-11H2,1-4H3/t15-,18+/m1/s1. The van der Waals surface area contributed by atoms with Gasteiger partial charge in [0.15, 0.2) is 0 Å². The van der Waals surface area contributed by atoms with E-state index in [1.165, 1.54) is 12.1 Å². The highest BCUT2D eigenvalue weighted by Crippen LogP contribution is 2.43. The lowest BCUT2D eigenvalue weighted by Gasteiger charge is -2.27. The van der Waals surface area contributed by atoms with Crippen LogP contribution in [0, 0.1) is 11.7 Å². The Morgan fingerprint density at radius 2 is 1.96 bits per heavy atom. The lowest BCUT2D eigenvalue weighted by molar-refractivity contribution is -0.135. The first-order valence-corrected chi connectivity index (χ1v) is 9.25. The molecule has 0 unspecified atom stereocenters. The Morgan fingerprint density at radius 1 is 1.33 bits per heavy atom. The van der Waals surface area contributed by atoms with Crippen molar-refractivity contribution in [2.45, 2.75) is 37.8 Å². The zero-order valence-electron chi connectivity index (χ0n) is 14.7. The number of thioether (sulfide) groups is 1. The monoisotopic (exact) mass is 352 g/mol. The minimum atomic E-state index is -0.283. The SMILES string of the molecule is CC[C@H]1S[C@@H](c2ccc(F)cc2)N(CCN(C)C(=O)C(C)C)C1=O. The van der Waals surface area contributed by atoms with Gasteiger partial charge in [0.05, 0.1) is 5.25 Å². The molecule has 1 aliphatic rings. The minimum Gasteiger partial charge on any atom is -0.344 e. The molecule has 0 saturated carbocycles. The third-order valence-corrected chi connectivity index (χ3v) is 5.86. The molecule has 0 aliphatic carbocycles. The summed E-state index contributed by atoms with van der Waals surface area (Å²) in [7, 11) is 1.76. The molecule has 1 heterocycles. The number of amides is 2. The molecular formula is C18H25FN2O2S. The molecule has 1 aromatic carbocycles. The molecule has 1 aliphatic heterocycles. The number of hydrogen-bond donors (Lipinski definition) is 0. The minimum absolute atomic E-state index is 0.0602. The average molecular weight is 352 g/mol. The maximum absolute atomic E-state index is 13.2. The molecular weight excluding hydrogens is 327 g/mol. The van der Waals surface area contributed by atoms with Crippen LogP contribution in [-0.4, -0.2) is 47.0 Å². The van der Waals surface area contributed by atoms with Crippen molar-refractivity contribution in [3.63, 3.8) is 0 Å². The zero-order chi connectivity index (χ0) is 17.9. The molecule has 1 aromatic rings. The Kier molecular flexibility index (Phi) is 6.27. The van der Waals surface area contributed by atoms with Crippen LogP contribution in [0.25, 0.3) is 0 Å². The summed E-state index contributed by atoms with van der Waals surface area (Å²) in [4.78, 5) is 28.1. The first kappa shape index (κ1) is 18.8. The summed E-state index contributed by atoms with van der Waals surface area (Å²) in [6.45, 7) is 6.71. The molecule has 0 N–H and O–H groups in total. The van der Waals surface area contributed by atoms with Gasteiger partial charge in [0, 0.05) is 26.1 Å². The van der Waals surface area contributed by atoms with Crippen molar-refractivity contribution in [1.82, 2.24) is 9.80 Å². The molecule has 24 heavy (non-hydrogen) atoms. The third kappa shape index (κ3) is 4.09. The van der Waals surface area contributed by atoms with Gasteiger partial charge < -0.3 is 9.80 Å². The molecule has 132 valence electrons. The van der Waals surface area contributed by atoms with E-state index < -0.39 is 0 Å². The molecule has 2 rings (SSSR count). The van der Waals surface area contributed by atoms with Gasteiger partial charge in [-0.2, -0.15) is 0 Å². The average Bonchev–Trinajstić information content (AvgIpc) is 2.88. The van der Waals surface area contributed by atoms with Gasteiger partial charge in [0.25, 0.3) is 0 Å². The van der Waals surface area contributed by atoms with Gasteiger partial charge in [-0.25, -0.2) is 4.39 Å². The van der Waals surface area contributed by atoms with E-state index in [4.69, 9.17) is 0 Å². The highest BCUT2D eigenvalue weighted by molar-refractivity contribution is 8.01. The smallest absolute Gasteiger partial charge is 0.237 e. The number of hydrogen-bond acceptors (Lipinski definition) is 3. The van der Waals surface area contributed by atoms with Crippen LogP contribution in [0.3, 0.4) is 0 Å². The highest BCUT2D eigenvalue weighted by atomic mass is 32.2. The van der Waals surface area contributed by atoms with Gasteiger partial charge >= 0.3 is 0 Å². The van der Waals surface area contributed by atoms with E-state index in [1.54, 1.807) is 35.8 Å². The number of rotatable bonds is 6. The molecule has 0 spiro atoms. The largest absolute Gasteiger partial charge is 0.344 e. The fraction of sp³-hybridized carbons (Fsp3) is 0.556. The fourth-order valence-corrected chi connectivity index (χ4v) is 4.21. The number of likely N-dealkylation sites (N-methyl/N-ethyl adjacent to an activating group) is 1. The topological polar surface area (TPSA) is 40.6 Å². The first-order valence-electron chi connectivity index (χ1n) is 8.31. The van der Waals surface area contributed by atoms with E-state index in [-0.39, 0.29) is 34.2 Å². The number of carbonyl (C=O) groups excluding carboxylic acids is 2. The van der Waals surface area contributed by atoms with Crippen LogP contribution < -0.4 is 0 Å². The Labute approximate surface area is 147 Å². The van der Waals surface area contributed by atoms with Crippen molar-refractivity contribution >= 4 is 23.6 Å². The van der Waals surface area contributed by atoms with E-state index in [9.17, 15) is 14.0 Å². The normalized spacial score (nSPS) is 20.8. The third-order valence-electron chi connectivity index (χ3n) is 4.21. The quantitative estimate of drug-likeness (QED) is 0.789. The summed E-state index contributed by atoms with van der Waals surface area (Å²) in [6.07, 6.45) is 0.762. The number of carbonyl (C=O) groups is 2. The van der Waals surface area contributed by atoms with Crippen LogP contribution in [0.1, 0.15) is 38.1 Å². The molecule has 2 atom stereocenters. The predicted octanol–water partition coefficient (Wildman–Crippen LogP) is 3.29. The summed E-state index contributed by atoms with van der Waals surface area (Å²) >= 11 is 1.60. The maximum atomic E-state index is 13.2. The second kappa shape index (κ2) is 8.01. The summed E-state index contributed by atoms with van der Waals surface area (Å²) in [6, 6.07) is 6.31. The van der Waals surface area contributed by atoms with Gasteiger partial charge in [0.1, 0.15) is 11.2 Å². The zero-order valence-corrected chi connectivity index (χ0v) is 15.5. The molecule has 2 amide bonds. The van der Waals surface area contributed by atoms with E-state index in [0.29, 0.717) is 13.1 Å². The highest BCUT2D eigenvalue weighted by Gasteiger charge is 2.39. The van der Waals surface area contributed by atoms with Crippen LogP contribution in [0.2, 0.25) is 0 Å². The Hall–Kier alpha value is -1.56. The lowest BCUT2D eigenvalue weighted by Crippen LogP contribution is -2.40. The Balaban J connectivity index is 2.12. The van der Waals surface area contributed by atoms with Crippen molar-refractivity contribution < 1.29 is 14.0 Å². The first-order chi connectivity index (χ1) is 11.3. The van der Waals surface area contributed by atoms with E-state index in [1.807, 2.05) is 25.7 Å². The molecule has 0 bridgehead atoms. The maximum Gasteiger partial charge on any atom is 0.237 e. The summed E-state index contributed by atoms with van der Waals surface area (Å²) in [5, 5.41) is -0.197. The van der Waals surface area contributed by atoms with Crippen molar-refractivity contribution in [3.8, 4) is 0 Å². The van der Waals surface area contributed by atoms with E-state index in [2.05, 4.69) is 0 Å².